The molecule has 0 aliphatic rings. The molecule has 5 nitrogen and oxygen atoms in total. The lowest BCUT2D eigenvalue weighted by atomic mass is 10.2. The minimum atomic E-state index is 0.573. The normalized spacial score (nSPS) is 11.0. The van der Waals surface area contributed by atoms with Gasteiger partial charge in [-0.3, -0.25) is 4.57 Å². The molecule has 23 heavy (non-hydrogen) atoms. The maximum absolute atomic E-state index is 6.15. The van der Waals surface area contributed by atoms with Crippen molar-refractivity contribution in [2.45, 2.75) is 6.54 Å². The second-order valence-corrected chi connectivity index (χ2v) is 6.61. The van der Waals surface area contributed by atoms with Gasteiger partial charge < -0.3 is 5.32 Å². The van der Waals surface area contributed by atoms with Gasteiger partial charge in [0.2, 0.25) is 5.95 Å². The largest absolute Gasteiger partial charge is 0.365 e. The highest BCUT2D eigenvalue weighted by atomic mass is 35.5. The molecule has 3 heterocycles. The minimum absolute atomic E-state index is 0.573. The smallest absolute Gasteiger partial charge is 0.238 e. The second-order valence-electron chi connectivity index (χ2n) is 4.95. The van der Waals surface area contributed by atoms with Gasteiger partial charge in [-0.2, -0.15) is 4.98 Å². The number of imidazole rings is 1. The van der Waals surface area contributed by atoms with E-state index in [9.17, 15) is 0 Å². The summed E-state index contributed by atoms with van der Waals surface area (Å²) in [4.78, 5) is 14.1. The fraction of sp³-hybridized carbons (Fsp3) is 0.0625. The van der Waals surface area contributed by atoms with Crippen LogP contribution in [0.15, 0.2) is 55.1 Å². The van der Waals surface area contributed by atoms with Gasteiger partial charge >= 0.3 is 0 Å². The maximum Gasteiger partial charge on any atom is 0.238 e. The zero-order chi connectivity index (χ0) is 15.6. The van der Waals surface area contributed by atoms with Crippen LogP contribution in [0.3, 0.4) is 0 Å². The van der Waals surface area contributed by atoms with Gasteiger partial charge in [0.05, 0.1) is 9.72 Å². The first-order chi connectivity index (χ1) is 11.3. The lowest BCUT2D eigenvalue weighted by Crippen LogP contribution is -2.06. The van der Waals surface area contributed by atoms with Gasteiger partial charge in [-0.15, -0.1) is 11.3 Å². The van der Waals surface area contributed by atoms with Crippen molar-refractivity contribution >= 4 is 39.0 Å². The molecule has 114 valence electrons. The highest BCUT2D eigenvalue weighted by Crippen LogP contribution is 2.32. The van der Waals surface area contributed by atoms with Gasteiger partial charge in [-0.25, -0.2) is 9.97 Å². The van der Waals surface area contributed by atoms with Crippen LogP contribution in [0.1, 0.15) is 5.56 Å². The molecular formula is C16H12ClN5S. The lowest BCUT2D eigenvalue weighted by Gasteiger charge is -2.09. The number of benzene rings is 1. The molecule has 0 aliphatic heterocycles. The third-order valence-corrected chi connectivity index (χ3v) is 4.55. The summed E-state index contributed by atoms with van der Waals surface area (Å²) in [5.41, 5.74) is 1.18. The number of fused-ring (bicyclic) bond motifs is 1. The molecule has 4 aromatic rings. The van der Waals surface area contributed by atoms with Gasteiger partial charge in [0.1, 0.15) is 17.0 Å². The molecule has 3 aromatic heterocycles. The summed E-state index contributed by atoms with van der Waals surface area (Å²) in [5.74, 6) is 1.34. The monoisotopic (exact) mass is 341 g/mol. The van der Waals surface area contributed by atoms with E-state index in [1.54, 1.807) is 17.1 Å². The van der Waals surface area contributed by atoms with E-state index in [2.05, 4.69) is 32.4 Å². The van der Waals surface area contributed by atoms with E-state index in [1.807, 2.05) is 30.5 Å². The molecule has 0 fully saturated rings. The van der Waals surface area contributed by atoms with E-state index in [-0.39, 0.29) is 0 Å². The summed E-state index contributed by atoms with van der Waals surface area (Å²) < 4.78 is 2.47. The summed E-state index contributed by atoms with van der Waals surface area (Å²) in [6, 6.07) is 12.1. The topological polar surface area (TPSA) is 55.6 Å². The van der Waals surface area contributed by atoms with Crippen LogP contribution >= 0.6 is 22.9 Å². The third-order valence-electron chi connectivity index (χ3n) is 3.39. The molecule has 0 atom stereocenters. The van der Waals surface area contributed by atoms with Gasteiger partial charge in [0.15, 0.2) is 0 Å². The van der Waals surface area contributed by atoms with Crippen LogP contribution in [-0.4, -0.2) is 19.5 Å². The van der Waals surface area contributed by atoms with Crippen molar-refractivity contribution in [2.75, 3.05) is 5.32 Å². The summed E-state index contributed by atoms with van der Waals surface area (Å²) >= 11 is 7.59. The first-order valence-electron chi connectivity index (χ1n) is 7.03. The Morgan fingerprint density at radius 2 is 2.04 bits per heavy atom. The first-order valence-corrected chi connectivity index (χ1v) is 8.22. The number of thiophene rings is 1. The Morgan fingerprint density at radius 3 is 2.83 bits per heavy atom. The summed E-state index contributed by atoms with van der Waals surface area (Å²) in [7, 11) is 0. The quantitative estimate of drug-likeness (QED) is 0.606. The Kier molecular flexibility index (Phi) is 3.69. The van der Waals surface area contributed by atoms with E-state index in [0.717, 1.165) is 16.0 Å². The Labute approximate surface area is 141 Å². The molecule has 4 rings (SSSR count). The van der Waals surface area contributed by atoms with Crippen molar-refractivity contribution < 1.29 is 0 Å². The predicted octanol–water partition coefficient (Wildman–Crippen LogP) is 4.14. The number of hydrogen-bond acceptors (Lipinski definition) is 5. The Balaban J connectivity index is 1.74. The number of hydrogen-bond donors (Lipinski definition) is 1. The van der Waals surface area contributed by atoms with Crippen molar-refractivity contribution in [3.05, 3.63) is 65.0 Å². The van der Waals surface area contributed by atoms with Gasteiger partial charge in [0, 0.05) is 18.9 Å². The van der Waals surface area contributed by atoms with Crippen molar-refractivity contribution in [1.82, 2.24) is 19.5 Å². The summed E-state index contributed by atoms with van der Waals surface area (Å²) in [6.45, 7) is 0.684. The first kappa shape index (κ1) is 14.2. The zero-order valence-electron chi connectivity index (χ0n) is 12.0. The van der Waals surface area contributed by atoms with Gasteiger partial charge in [0.25, 0.3) is 0 Å². The fourth-order valence-corrected chi connectivity index (χ4v) is 3.37. The maximum atomic E-state index is 6.15. The fourth-order valence-electron chi connectivity index (χ4n) is 2.29. The Bertz CT molecular complexity index is 934. The molecule has 0 saturated heterocycles. The molecule has 0 bridgehead atoms. The van der Waals surface area contributed by atoms with Crippen molar-refractivity contribution in [2.24, 2.45) is 0 Å². The molecular weight excluding hydrogens is 330 g/mol. The molecule has 0 amide bonds. The average molecular weight is 342 g/mol. The minimum Gasteiger partial charge on any atom is -0.365 e. The van der Waals surface area contributed by atoms with Crippen LogP contribution < -0.4 is 5.32 Å². The Morgan fingerprint density at radius 1 is 1.17 bits per heavy atom. The number of anilines is 1. The third kappa shape index (κ3) is 2.91. The van der Waals surface area contributed by atoms with E-state index < -0.39 is 0 Å². The number of rotatable bonds is 4. The van der Waals surface area contributed by atoms with Crippen molar-refractivity contribution in [1.29, 1.82) is 0 Å². The number of aromatic nitrogens is 4. The summed E-state index contributed by atoms with van der Waals surface area (Å²) in [6.07, 6.45) is 5.20. The highest BCUT2D eigenvalue weighted by Gasteiger charge is 2.12. The van der Waals surface area contributed by atoms with Crippen molar-refractivity contribution in [3.8, 4) is 5.95 Å². The highest BCUT2D eigenvalue weighted by molar-refractivity contribution is 7.22. The molecule has 0 radical (unpaired) electrons. The molecule has 1 N–H and O–H groups in total. The molecule has 0 aliphatic carbocycles. The van der Waals surface area contributed by atoms with Crippen LogP contribution in [0.5, 0.6) is 0 Å². The van der Waals surface area contributed by atoms with Crippen LogP contribution in [0.2, 0.25) is 4.34 Å². The molecule has 1 aromatic carbocycles. The molecule has 0 saturated carbocycles. The van der Waals surface area contributed by atoms with E-state index in [0.29, 0.717) is 16.8 Å². The SMILES string of the molecule is Clc1cc2c(NCc3ccccc3)nc(-n3ccnc3)nc2s1. The standard InChI is InChI=1S/C16H12ClN5S/c17-13-8-12-14(19-9-11-4-2-1-3-5-11)20-16(21-15(12)23-13)22-7-6-18-10-22/h1-8,10H,9H2,(H,19,20,21). The number of nitrogens with one attached hydrogen (secondary N) is 1. The van der Waals surface area contributed by atoms with E-state index in [1.165, 1.54) is 16.9 Å². The van der Waals surface area contributed by atoms with Crippen LogP contribution in [0.25, 0.3) is 16.2 Å². The van der Waals surface area contributed by atoms with E-state index >= 15 is 0 Å². The van der Waals surface area contributed by atoms with Crippen molar-refractivity contribution in [3.63, 3.8) is 0 Å². The predicted molar refractivity (Wildman–Crippen MR) is 93.3 cm³/mol. The zero-order valence-corrected chi connectivity index (χ0v) is 13.6. The van der Waals surface area contributed by atoms with Gasteiger partial charge in [-0.05, 0) is 11.6 Å². The average Bonchev–Trinajstić information content (AvgIpc) is 3.21. The number of halogens is 1. The molecule has 0 unspecified atom stereocenters. The number of nitrogens with zero attached hydrogens (tertiary/aromatic N) is 4. The van der Waals surface area contributed by atoms with Crippen LogP contribution in [0, 0.1) is 0 Å². The summed E-state index contributed by atoms with van der Waals surface area (Å²) in [5, 5.41) is 4.31. The van der Waals surface area contributed by atoms with E-state index in [4.69, 9.17) is 11.6 Å². The van der Waals surface area contributed by atoms with Crippen LogP contribution in [-0.2, 0) is 6.54 Å². The van der Waals surface area contributed by atoms with Gasteiger partial charge in [-0.1, -0.05) is 41.9 Å². The van der Waals surface area contributed by atoms with Crippen LogP contribution in [0.4, 0.5) is 5.82 Å². The second kappa shape index (κ2) is 5.98. The Hall–Kier alpha value is -2.44. The molecule has 0 spiro atoms. The lowest BCUT2D eigenvalue weighted by molar-refractivity contribution is 0.939. The molecule has 7 heteroatoms.